The molecule has 0 bridgehead atoms. The maximum Gasteiger partial charge on any atom is 0.286 e. The molecule has 0 saturated heterocycles. The van der Waals surface area contributed by atoms with Gasteiger partial charge in [-0.05, 0) is 42.8 Å². The van der Waals surface area contributed by atoms with Gasteiger partial charge in [0.1, 0.15) is 10.6 Å². The summed E-state index contributed by atoms with van der Waals surface area (Å²) in [6.07, 6.45) is 0. The molecular formula is C17H16ClN3O4S2. The van der Waals surface area contributed by atoms with E-state index in [0.29, 0.717) is 22.1 Å². The number of aryl methyl sites for hydroxylation is 1. The van der Waals surface area contributed by atoms with Crippen LogP contribution in [0.3, 0.4) is 0 Å². The van der Waals surface area contributed by atoms with E-state index in [1.165, 1.54) is 13.2 Å². The number of carbonyl (C=O) groups is 1. The first kappa shape index (κ1) is 19.5. The Morgan fingerprint density at radius 1 is 1.30 bits per heavy atom. The van der Waals surface area contributed by atoms with Crippen LogP contribution in [-0.2, 0) is 14.8 Å². The third-order valence-electron chi connectivity index (χ3n) is 3.63. The first-order valence-electron chi connectivity index (χ1n) is 7.77. The number of nitrogens with zero attached hydrogens (tertiary/aromatic N) is 1. The number of carbonyl (C=O) groups excluding carboxylic acids is 1. The van der Waals surface area contributed by atoms with Crippen LogP contribution in [0.25, 0.3) is 0 Å². The number of benzene rings is 2. The van der Waals surface area contributed by atoms with Crippen LogP contribution in [0, 0.1) is 6.92 Å². The summed E-state index contributed by atoms with van der Waals surface area (Å²) in [5.74, 6) is 0.161. The van der Waals surface area contributed by atoms with E-state index in [1.54, 1.807) is 30.3 Å². The SMILES string of the molecule is COc1ccc(NC(=O)CSC2=NS(=O)(=O)c3ccc(C)cc3N2)cc1Cl. The van der Waals surface area contributed by atoms with Crippen molar-refractivity contribution in [2.45, 2.75) is 11.8 Å². The number of thioether (sulfide) groups is 1. The second kappa shape index (κ2) is 7.79. The Hall–Kier alpha value is -2.23. The summed E-state index contributed by atoms with van der Waals surface area (Å²) < 4.78 is 33.3. The molecule has 0 fully saturated rings. The number of nitrogens with one attached hydrogen (secondary N) is 2. The number of hydrogen-bond acceptors (Lipinski definition) is 6. The Morgan fingerprint density at radius 2 is 2.07 bits per heavy atom. The summed E-state index contributed by atoms with van der Waals surface area (Å²) in [5, 5.41) is 6.17. The highest BCUT2D eigenvalue weighted by molar-refractivity contribution is 8.15. The molecule has 2 aromatic carbocycles. The molecule has 0 saturated carbocycles. The summed E-state index contributed by atoms with van der Waals surface area (Å²) in [6, 6.07) is 9.82. The average Bonchev–Trinajstić information content (AvgIpc) is 2.59. The topological polar surface area (TPSA) is 96.9 Å². The Balaban J connectivity index is 1.65. The monoisotopic (exact) mass is 425 g/mol. The average molecular weight is 426 g/mol. The molecule has 27 heavy (non-hydrogen) atoms. The number of halogens is 1. The maximum absolute atomic E-state index is 12.3. The largest absolute Gasteiger partial charge is 0.495 e. The van der Waals surface area contributed by atoms with Crippen LogP contribution in [0.4, 0.5) is 11.4 Å². The second-order valence-electron chi connectivity index (χ2n) is 5.68. The van der Waals surface area contributed by atoms with E-state index in [9.17, 15) is 13.2 Å². The number of fused-ring (bicyclic) bond motifs is 1. The minimum Gasteiger partial charge on any atom is -0.495 e. The third kappa shape index (κ3) is 4.55. The van der Waals surface area contributed by atoms with Crippen LogP contribution in [0.15, 0.2) is 45.7 Å². The fourth-order valence-corrected chi connectivity index (χ4v) is 4.68. The first-order chi connectivity index (χ1) is 12.8. The van der Waals surface area contributed by atoms with Gasteiger partial charge in [0.2, 0.25) is 5.91 Å². The van der Waals surface area contributed by atoms with Crippen molar-refractivity contribution in [3.05, 3.63) is 47.0 Å². The lowest BCUT2D eigenvalue weighted by atomic mass is 10.2. The molecule has 1 amide bonds. The number of amides is 1. The molecule has 2 aromatic rings. The summed E-state index contributed by atoms with van der Waals surface area (Å²) in [7, 11) is -2.28. The minimum atomic E-state index is -3.79. The first-order valence-corrected chi connectivity index (χ1v) is 10.6. The lowest BCUT2D eigenvalue weighted by molar-refractivity contribution is -0.113. The van der Waals surface area contributed by atoms with Crippen LogP contribution in [0.5, 0.6) is 5.75 Å². The summed E-state index contributed by atoms with van der Waals surface area (Å²) in [4.78, 5) is 12.3. The fourth-order valence-electron chi connectivity index (χ4n) is 2.40. The number of amidine groups is 1. The molecule has 2 N–H and O–H groups in total. The van der Waals surface area contributed by atoms with Crippen molar-refractivity contribution < 1.29 is 17.9 Å². The molecule has 0 aromatic heterocycles. The Morgan fingerprint density at radius 3 is 2.78 bits per heavy atom. The van der Waals surface area contributed by atoms with E-state index in [1.807, 2.05) is 6.92 Å². The Bertz CT molecular complexity index is 1040. The zero-order valence-corrected chi connectivity index (χ0v) is 16.8. The van der Waals surface area contributed by atoms with E-state index in [2.05, 4.69) is 15.0 Å². The van der Waals surface area contributed by atoms with Gasteiger partial charge in [0, 0.05) is 5.69 Å². The van der Waals surface area contributed by atoms with Gasteiger partial charge in [-0.1, -0.05) is 29.4 Å². The lowest BCUT2D eigenvalue weighted by Crippen LogP contribution is -2.22. The van der Waals surface area contributed by atoms with Crippen molar-refractivity contribution in [1.82, 2.24) is 0 Å². The van der Waals surface area contributed by atoms with Crippen LogP contribution in [0.2, 0.25) is 5.02 Å². The third-order valence-corrected chi connectivity index (χ3v) is 6.25. The van der Waals surface area contributed by atoms with Gasteiger partial charge in [-0.25, -0.2) is 0 Å². The zero-order chi connectivity index (χ0) is 19.6. The summed E-state index contributed by atoms with van der Waals surface area (Å²) in [6.45, 7) is 1.86. The molecule has 0 radical (unpaired) electrons. The predicted octanol–water partition coefficient (Wildman–Crippen LogP) is 3.50. The van der Waals surface area contributed by atoms with Gasteiger partial charge in [-0.15, -0.1) is 4.40 Å². The predicted molar refractivity (Wildman–Crippen MR) is 109 cm³/mol. The normalized spacial score (nSPS) is 14.6. The molecular weight excluding hydrogens is 410 g/mol. The smallest absolute Gasteiger partial charge is 0.286 e. The lowest BCUT2D eigenvalue weighted by Gasteiger charge is -2.18. The second-order valence-corrected chi connectivity index (χ2v) is 8.63. The van der Waals surface area contributed by atoms with Crippen LogP contribution in [-0.4, -0.2) is 32.4 Å². The molecule has 0 unspecified atom stereocenters. The maximum atomic E-state index is 12.3. The van der Waals surface area contributed by atoms with E-state index >= 15 is 0 Å². The number of anilines is 2. The number of rotatable bonds is 4. The number of hydrogen-bond donors (Lipinski definition) is 2. The molecule has 0 spiro atoms. The van der Waals surface area contributed by atoms with Crippen molar-refractivity contribution in [2.75, 3.05) is 23.5 Å². The van der Waals surface area contributed by atoms with Gasteiger partial charge in [-0.3, -0.25) is 4.79 Å². The summed E-state index contributed by atoms with van der Waals surface area (Å²) >= 11 is 7.02. The van der Waals surface area contributed by atoms with Gasteiger partial charge < -0.3 is 15.4 Å². The van der Waals surface area contributed by atoms with Crippen molar-refractivity contribution >= 4 is 55.8 Å². The van der Waals surface area contributed by atoms with Crippen LogP contribution >= 0.6 is 23.4 Å². The highest BCUT2D eigenvalue weighted by atomic mass is 35.5. The molecule has 3 rings (SSSR count). The van der Waals surface area contributed by atoms with E-state index in [4.69, 9.17) is 16.3 Å². The molecule has 0 atom stereocenters. The molecule has 1 heterocycles. The number of ether oxygens (including phenoxy) is 1. The Kier molecular flexibility index (Phi) is 5.64. The molecule has 142 valence electrons. The van der Waals surface area contributed by atoms with E-state index < -0.39 is 10.0 Å². The van der Waals surface area contributed by atoms with Crippen molar-refractivity contribution in [3.63, 3.8) is 0 Å². The fraction of sp³-hybridized carbons (Fsp3) is 0.176. The molecule has 7 nitrogen and oxygen atoms in total. The molecule has 1 aliphatic rings. The molecule has 0 aliphatic carbocycles. The van der Waals surface area contributed by atoms with E-state index in [-0.39, 0.29) is 21.7 Å². The number of sulfonamides is 1. The minimum absolute atomic E-state index is 0.0217. The van der Waals surface area contributed by atoms with Crippen molar-refractivity contribution in [3.8, 4) is 5.75 Å². The molecule has 10 heteroatoms. The van der Waals surface area contributed by atoms with Crippen LogP contribution < -0.4 is 15.4 Å². The van der Waals surface area contributed by atoms with Gasteiger partial charge >= 0.3 is 0 Å². The van der Waals surface area contributed by atoms with Crippen molar-refractivity contribution in [2.24, 2.45) is 4.40 Å². The highest BCUT2D eigenvalue weighted by Gasteiger charge is 2.25. The quantitative estimate of drug-likeness (QED) is 0.778. The Labute approximate surface area is 166 Å². The van der Waals surface area contributed by atoms with Gasteiger partial charge in [0.05, 0.1) is 23.6 Å². The van der Waals surface area contributed by atoms with Gasteiger partial charge in [-0.2, -0.15) is 8.42 Å². The van der Waals surface area contributed by atoms with Gasteiger partial charge in [0.15, 0.2) is 5.17 Å². The molecule has 1 aliphatic heterocycles. The standard InChI is InChI=1S/C17H16ClN3O4S2/c1-10-3-6-15-13(7-10)20-17(21-27(15,23)24)26-9-16(22)19-11-4-5-14(25-2)12(18)8-11/h3-8H,9H2,1-2H3,(H,19,22)(H,20,21). The van der Waals surface area contributed by atoms with Crippen molar-refractivity contribution in [1.29, 1.82) is 0 Å². The zero-order valence-electron chi connectivity index (χ0n) is 14.4. The van der Waals surface area contributed by atoms with Crippen LogP contribution in [0.1, 0.15) is 5.56 Å². The summed E-state index contributed by atoms with van der Waals surface area (Å²) in [5.41, 5.74) is 1.88. The van der Waals surface area contributed by atoms with Gasteiger partial charge in [0.25, 0.3) is 10.0 Å². The number of methoxy groups -OCH3 is 1. The van der Waals surface area contributed by atoms with E-state index in [0.717, 1.165) is 17.3 Å². The highest BCUT2D eigenvalue weighted by Crippen LogP contribution is 2.30.